The number of likely N-dealkylation sites (N-methyl/N-ethyl adjacent to an activating group) is 1. The van der Waals surface area contributed by atoms with Crippen molar-refractivity contribution in [1.82, 2.24) is 9.80 Å². The summed E-state index contributed by atoms with van der Waals surface area (Å²) in [6, 6.07) is 13.5. The van der Waals surface area contributed by atoms with E-state index in [0.717, 1.165) is 25.2 Å². The van der Waals surface area contributed by atoms with Gasteiger partial charge in [-0.1, -0.05) is 30.3 Å². The number of halogens is 1. The molecular weight excluding hydrogens is 399 g/mol. The van der Waals surface area contributed by atoms with E-state index in [-0.39, 0.29) is 24.6 Å². The van der Waals surface area contributed by atoms with Crippen LogP contribution in [-0.2, 0) is 27.4 Å². The normalized spacial score (nSPS) is 19.1. The number of carbonyl (C=O) groups excluding carboxylic acids is 2. The molecule has 3 rings (SSSR count). The molecule has 1 amide bonds. The van der Waals surface area contributed by atoms with Crippen LogP contribution in [0.4, 0.5) is 4.39 Å². The van der Waals surface area contributed by atoms with Gasteiger partial charge in [-0.15, -0.1) is 0 Å². The molecule has 0 radical (unpaired) electrons. The fourth-order valence-corrected chi connectivity index (χ4v) is 3.71. The summed E-state index contributed by atoms with van der Waals surface area (Å²) in [5.41, 5.74) is 1.89. The molecule has 1 aliphatic heterocycles. The number of amides is 1. The van der Waals surface area contributed by atoms with Crippen LogP contribution in [0.5, 0.6) is 0 Å². The van der Waals surface area contributed by atoms with Crippen LogP contribution in [0.25, 0.3) is 0 Å². The molecule has 2 aromatic carbocycles. The number of benzene rings is 2. The smallest absolute Gasteiger partial charge is 0.338 e. The van der Waals surface area contributed by atoms with Crippen molar-refractivity contribution in [3.8, 4) is 0 Å². The molecule has 0 bridgehead atoms. The fraction of sp³-hybridized carbons (Fsp3) is 0.417. The van der Waals surface area contributed by atoms with Gasteiger partial charge in [-0.05, 0) is 37.6 Å². The predicted molar refractivity (Wildman–Crippen MR) is 115 cm³/mol. The fourth-order valence-electron chi connectivity index (χ4n) is 3.71. The lowest BCUT2D eigenvalue weighted by molar-refractivity contribution is -0.133. The van der Waals surface area contributed by atoms with Crippen LogP contribution in [0.15, 0.2) is 48.5 Å². The summed E-state index contributed by atoms with van der Waals surface area (Å²) < 4.78 is 24.6. The molecule has 31 heavy (non-hydrogen) atoms. The summed E-state index contributed by atoms with van der Waals surface area (Å²) in [5, 5.41) is 0. The summed E-state index contributed by atoms with van der Waals surface area (Å²) in [4.78, 5) is 28.2. The molecule has 6 nitrogen and oxygen atoms in total. The van der Waals surface area contributed by atoms with E-state index >= 15 is 0 Å². The molecular formula is C24H29FN2O4. The average molecular weight is 429 g/mol. The van der Waals surface area contributed by atoms with E-state index in [2.05, 4.69) is 18.7 Å². The minimum atomic E-state index is -0.562. The number of esters is 1. The number of morpholine rings is 1. The molecule has 1 fully saturated rings. The first kappa shape index (κ1) is 22.9. The van der Waals surface area contributed by atoms with Gasteiger partial charge in [0.25, 0.3) is 5.91 Å². The SMILES string of the molecule is CC1CN(Cc2ccc(C(=O)OCC(=O)N(C)Cc3ccccc3F)cc2)CC(C)O1. The standard InChI is InChI=1S/C24H29FN2O4/c1-17-12-27(13-18(2)31-17)14-19-8-10-20(11-9-19)24(29)30-16-23(28)26(3)15-21-6-4-5-7-22(21)25/h4-11,17-18H,12-16H2,1-3H3. The van der Waals surface area contributed by atoms with Crippen LogP contribution >= 0.6 is 0 Å². The molecule has 0 spiro atoms. The Kier molecular flexibility index (Phi) is 7.76. The van der Waals surface area contributed by atoms with E-state index < -0.39 is 18.5 Å². The monoisotopic (exact) mass is 428 g/mol. The summed E-state index contributed by atoms with van der Waals surface area (Å²) in [7, 11) is 1.55. The second kappa shape index (κ2) is 10.5. The molecule has 7 heteroatoms. The van der Waals surface area contributed by atoms with Crippen LogP contribution in [-0.4, -0.2) is 60.6 Å². The molecule has 2 atom stereocenters. The van der Waals surface area contributed by atoms with E-state index in [4.69, 9.17) is 9.47 Å². The van der Waals surface area contributed by atoms with Crippen molar-refractivity contribution in [2.24, 2.45) is 0 Å². The van der Waals surface area contributed by atoms with Gasteiger partial charge in [0.15, 0.2) is 6.61 Å². The lowest BCUT2D eigenvalue weighted by Crippen LogP contribution is -2.44. The van der Waals surface area contributed by atoms with Gasteiger partial charge in [0.1, 0.15) is 5.82 Å². The summed E-state index contributed by atoms with van der Waals surface area (Å²) in [6.07, 6.45) is 0.402. The van der Waals surface area contributed by atoms with Crippen molar-refractivity contribution in [3.63, 3.8) is 0 Å². The lowest BCUT2D eigenvalue weighted by Gasteiger charge is -2.35. The van der Waals surface area contributed by atoms with Crippen molar-refractivity contribution < 1.29 is 23.5 Å². The third kappa shape index (κ3) is 6.60. The Morgan fingerprint density at radius 2 is 1.74 bits per heavy atom. The third-order valence-corrected chi connectivity index (χ3v) is 5.21. The summed E-state index contributed by atoms with van der Waals surface area (Å²) >= 11 is 0. The number of carbonyl (C=O) groups is 2. The maximum absolute atomic E-state index is 13.7. The maximum atomic E-state index is 13.7. The van der Waals surface area contributed by atoms with Gasteiger partial charge < -0.3 is 14.4 Å². The second-order valence-corrected chi connectivity index (χ2v) is 8.07. The highest BCUT2D eigenvalue weighted by Crippen LogP contribution is 2.15. The number of rotatable bonds is 7. The zero-order valence-electron chi connectivity index (χ0n) is 18.2. The second-order valence-electron chi connectivity index (χ2n) is 8.07. The average Bonchev–Trinajstić information content (AvgIpc) is 2.73. The Hall–Kier alpha value is -2.77. The van der Waals surface area contributed by atoms with E-state index in [9.17, 15) is 14.0 Å². The highest BCUT2D eigenvalue weighted by Gasteiger charge is 2.22. The van der Waals surface area contributed by atoms with Gasteiger partial charge in [-0.2, -0.15) is 0 Å². The van der Waals surface area contributed by atoms with E-state index in [1.54, 1.807) is 37.4 Å². The predicted octanol–water partition coefficient (Wildman–Crippen LogP) is 3.25. The summed E-state index contributed by atoms with van der Waals surface area (Å²) in [6.45, 7) is 6.37. The van der Waals surface area contributed by atoms with Gasteiger partial charge >= 0.3 is 5.97 Å². The van der Waals surface area contributed by atoms with Crippen molar-refractivity contribution >= 4 is 11.9 Å². The van der Waals surface area contributed by atoms with Crippen molar-refractivity contribution in [2.75, 3.05) is 26.7 Å². The molecule has 1 aliphatic rings. The molecule has 2 unspecified atom stereocenters. The maximum Gasteiger partial charge on any atom is 0.338 e. The molecule has 0 aromatic heterocycles. The molecule has 2 aromatic rings. The lowest BCUT2D eigenvalue weighted by atomic mass is 10.1. The number of hydrogen-bond donors (Lipinski definition) is 0. The Morgan fingerprint density at radius 1 is 1.10 bits per heavy atom. The first-order valence-corrected chi connectivity index (χ1v) is 10.4. The van der Waals surface area contributed by atoms with Crippen molar-refractivity contribution in [1.29, 1.82) is 0 Å². The van der Waals surface area contributed by atoms with Gasteiger partial charge in [0, 0.05) is 38.8 Å². The van der Waals surface area contributed by atoms with Crippen LogP contribution in [0, 0.1) is 5.82 Å². The molecule has 166 valence electrons. The van der Waals surface area contributed by atoms with Crippen LogP contribution in [0.3, 0.4) is 0 Å². The number of ether oxygens (including phenoxy) is 2. The Bertz CT molecular complexity index is 893. The van der Waals surface area contributed by atoms with Gasteiger partial charge in [-0.25, -0.2) is 9.18 Å². The third-order valence-electron chi connectivity index (χ3n) is 5.21. The van der Waals surface area contributed by atoms with Crippen LogP contribution in [0.2, 0.25) is 0 Å². The Morgan fingerprint density at radius 3 is 2.39 bits per heavy atom. The van der Waals surface area contributed by atoms with Gasteiger partial charge in [-0.3, -0.25) is 9.69 Å². The first-order valence-electron chi connectivity index (χ1n) is 10.4. The van der Waals surface area contributed by atoms with E-state index in [1.807, 2.05) is 12.1 Å². The van der Waals surface area contributed by atoms with E-state index in [1.165, 1.54) is 11.0 Å². The molecule has 1 heterocycles. The Labute approximate surface area is 182 Å². The minimum absolute atomic E-state index is 0.108. The first-order chi connectivity index (χ1) is 14.8. The van der Waals surface area contributed by atoms with Crippen LogP contribution in [0.1, 0.15) is 35.3 Å². The van der Waals surface area contributed by atoms with E-state index in [0.29, 0.717) is 11.1 Å². The largest absolute Gasteiger partial charge is 0.452 e. The van der Waals surface area contributed by atoms with Gasteiger partial charge in [0.2, 0.25) is 0 Å². The number of hydrogen-bond acceptors (Lipinski definition) is 5. The topological polar surface area (TPSA) is 59.1 Å². The zero-order valence-corrected chi connectivity index (χ0v) is 18.2. The highest BCUT2D eigenvalue weighted by atomic mass is 19.1. The highest BCUT2D eigenvalue weighted by molar-refractivity contribution is 5.91. The van der Waals surface area contributed by atoms with Crippen LogP contribution < -0.4 is 0 Å². The molecule has 0 N–H and O–H groups in total. The minimum Gasteiger partial charge on any atom is -0.452 e. The molecule has 1 saturated heterocycles. The Balaban J connectivity index is 1.48. The summed E-state index contributed by atoms with van der Waals surface area (Å²) in [5.74, 6) is -1.34. The van der Waals surface area contributed by atoms with Gasteiger partial charge in [0.05, 0.1) is 17.8 Å². The van der Waals surface area contributed by atoms with Crippen molar-refractivity contribution in [2.45, 2.75) is 39.1 Å². The molecule has 0 saturated carbocycles. The quantitative estimate of drug-likeness (QED) is 0.634. The molecule has 0 aliphatic carbocycles. The van der Waals surface area contributed by atoms with Crippen molar-refractivity contribution in [3.05, 3.63) is 71.0 Å². The number of nitrogens with zero attached hydrogens (tertiary/aromatic N) is 2. The zero-order chi connectivity index (χ0) is 22.4.